The molecule has 0 radical (unpaired) electrons. The molecule has 0 saturated carbocycles. The van der Waals surface area contributed by atoms with Crippen LogP contribution in [0, 0.1) is 11.4 Å². The molecule has 0 fully saturated rings. The van der Waals surface area contributed by atoms with Gasteiger partial charge in [0.15, 0.2) is 0 Å². The highest BCUT2D eigenvalue weighted by molar-refractivity contribution is 7.71. The van der Waals surface area contributed by atoms with E-state index in [1.165, 1.54) is 0 Å². The maximum atomic E-state index is 5.10. The van der Waals surface area contributed by atoms with E-state index in [1.807, 2.05) is 37.4 Å². The van der Waals surface area contributed by atoms with Crippen LogP contribution in [-0.2, 0) is 0 Å². The lowest BCUT2D eigenvalue weighted by Gasteiger charge is -2.01. The van der Waals surface area contributed by atoms with Crippen LogP contribution in [0.15, 0.2) is 36.7 Å². The van der Waals surface area contributed by atoms with E-state index >= 15 is 0 Å². The Morgan fingerprint density at radius 1 is 1.29 bits per heavy atom. The molecule has 0 amide bonds. The lowest BCUT2D eigenvalue weighted by molar-refractivity contribution is 1.19. The Morgan fingerprint density at radius 2 is 2.14 bits per heavy atom. The van der Waals surface area contributed by atoms with Gasteiger partial charge in [-0.3, -0.25) is 4.98 Å². The molecule has 0 aliphatic rings. The molecule has 2 aromatic rings. The smallest absolute Gasteiger partial charge is 0.0469 e. The van der Waals surface area contributed by atoms with Gasteiger partial charge in [0.2, 0.25) is 0 Å². The number of nitrogens with zero attached hydrogens (tertiary/aromatic N) is 1. The van der Waals surface area contributed by atoms with Gasteiger partial charge in [0.25, 0.3) is 0 Å². The Morgan fingerprint density at radius 3 is 2.86 bits per heavy atom. The first-order valence-corrected chi connectivity index (χ1v) is 4.78. The molecule has 14 heavy (non-hydrogen) atoms. The van der Waals surface area contributed by atoms with E-state index in [0.717, 1.165) is 21.5 Å². The second-order valence-corrected chi connectivity index (χ2v) is 3.60. The molecule has 2 aromatic heterocycles. The van der Waals surface area contributed by atoms with Crippen LogP contribution < -0.4 is 0 Å². The third-order valence-corrected chi connectivity index (χ3v) is 2.23. The number of hydrogen-bond acceptors (Lipinski definition) is 2. The SMILES string of the molecule is Cc1cc(-c2cc(=S)cc[nH]2)ccn1. The van der Waals surface area contributed by atoms with Crippen LogP contribution in [0.5, 0.6) is 0 Å². The average molecular weight is 202 g/mol. The first kappa shape index (κ1) is 9.09. The van der Waals surface area contributed by atoms with Gasteiger partial charge in [0, 0.05) is 33.9 Å². The average Bonchev–Trinajstić information content (AvgIpc) is 2.18. The molecule has 3 heteroatoms. The number of H-pyrrole nitrogens is 1. The minimum absolute atomic E-state index is 0.841. The number of aromatic amines is 1. The van der Waals surface area contributed by atoms with Gasteiger partial charge in [-0.15, -0.1) is 0 Å². The van der Waals surface area contributed by atoms with Gasteiger partial charge in [-0.1, -0.05) is 12.2 Å². The second kappa shape index (κ2) is 3.72. The van der Waals surface area contributed by atoms with Crippen LogP contribution in [0.2, 0.25) is 0 Å². The largest absolute Gasteiger partial charge is 0.361 e. The summed E-state index contributed by atoms with van der Waals surface area (Å²) in [6.45, 7) is 1.97. The first-order chi connectivity index (χ1) is 6.75. The zero-order valence-electron chi connectivity index (χ0n) is 7.82. The van der Waals surface area contributed by atoms with Gasteiger partial charge in [-0.05, 0) is 31.2 Å². The zero-order chi connectivity index (χ0) is 9.97. The monoisotopic (exact) mass is 202 g/mol. The third-order valence-electron chi connectivity index (χ3n) is 1.98. The molecule has 2 nitrogen and oxygen atoms in total. The highest BCUT2D eigenvalue weighted by Gasteiger charge is 1.97. The molecule has 0 aromatic carbocycles. The van der Waals surface area contributed by atoms with Crippen molar-refractivity contribution in [2.75, 3.05) is 0 Å². The van der Waals surface area contributed by atoms with Crippen LogP contribution in [-0.4, -0.2) is 9.97 Å². The van der Waals surface area contributed by atoms with Gasteiger partial charge < -0.3 is 4.98 Å². The minimum atomic E-state index is 0.841. The van der Waals surface area contributed by atoms with Gasteiger partial charge >= 0.3 is 0 Å². The van der Waals surface area contributed by atoms with Gasteiger partial charge in [0.05, 0.1) is 0 Å². The normalized spacial score (nSPS) is 10.1. The zero-order valence-corrected chi connectivity index (χ0v) is 8.64. The van der Waals surface area contributed by atoms with E-state index in [2.05, 4.69) is 9.97 Å². The fraction of sp³-hybridized carbons (Fsp3) is 0.0909. The third kappa shape index (κ3) is 1.88. The van der Waals surface area contributed by atoms with Crippen molar-refractivity contribution >= 4 is 12.2 Å². The van der Waals surface area contributed by atoms with Crippen molar-refractivity contribution in [1.29, 1.82) is 0 Å². The highest BCUT2D eigenvalue weighted by Crippen LogP contribution is 2.16. The minimum Gasteiger partial charge on any atom is -0.361 e. The molecule has 0 aliphatic heterocycles. The maximum absolute atomic E-state index is 5.10. The number of aryl methyl sites for hydroxylation is 1. The fourth-order valence-corrected chi connectivity index (χ4v) is 1.51. The summed E-state index contributed by atoms with van der Waals surface area (Å²) in [5.74, 6) is 0. The van der Waals surface area contributed by atoms with Gasteiger partial charge in [-0.2, -0.15) is 0 Å². The number of rotatable bonds is 1. The van der Waals surface area contributed by atoms with Crippen molar-refractivity contribution in [1.82, 2.24) is 9.97 Å². The number of aromatic nitrogens is 2. The number of hydrogen-bond donors (Lipinski definition) is 1. The van der Waals surface area contributed by atoms with Crippen molar-refractivity contribution in [2.24, 2.45) is 0 Å². The van der Waals surface area contributed by atoms with Crippen LogP contribution in [0.25, 0.3) is 11.3 Å². The predicted molar refractivity (Wildman–Crippen MR) is 59.6 cm³/mol. The summed E-state index contributed by atoms with van der Waals surface area (Å²) in [4.78, 5) is 7.31. The molecule has 2 rings (SSSR count). The highest BCUT2D eigenvalue weighted by atomic mass is 32.1. The van der Waals surface area contributed by atoms with Crippen molar-refractivity contribution < 1.29 is 0 Å². The Bertz CT molecular complexity index is 502. The molecular formula is C11H10N2S. The van der Waals surface area contributed by atoms with Gasteiger partial charge in [-0.25, -0.2) is 0 Å². The van der Waals surface area contributed by atoms with E-state index in [9.17, 15) is 0 Å². The number of nitrogens with one attached hydrogen (secondary N) is 1. The molecule has 0 unspecified atom stereocenters. The summed E-state index contributed by atoms with van der Waals surface area (Å²) in [7, 11) is 0. The molecule has 0 spiro atoms. The second-order valence-electron chi connectivity index (χ2n) is 3.12. The molecular weight excluding hydrogens is 192 g/mol. The fourth-order valence-electron chi connectivity index (χ4n) is 1.33. The predicted octanol–water partition coefficient (Wildman–Crippen LogP) is 3.11. The van der Waals surface area contributed by atoms with E-state index < -0.39 is 0 Å². The molecule has 0 atom stereocenters. The molecule has 0 saturated heterocycles. The van der Waals surface area contributed by atoms with Crippen molar-refractivity contribution in [3.63, 3.8) is 0 Å². The van der Waals surface area contributed by atoms with E-state index in [0.29, 0.717) is 0 Å². The summed E-state index contributed by atoms with van der Waals surface area (Å²) in [6, 6.07) is 7.81. The topological polar surface area (TPSA) is 28.7 Å². The van der Waals surface area contributed by atoms with Crippen molar-refractivity contribution in [3.8, 4) is 11.3 Å². The quantitative estimate of drug-likeness (QED) is 0.720. The summed E-state index contributed by atoms with van der Waals surface area (Å²) in [5.41, 5.74) is 3.15. The lowest BCUT2D eigenvalue weighted by Crippen LogP contribution is -1.85. The summed E-state index contributed by atoms with van der Waals surface area (Å²) >= 11 is 5.10. The Labute approximate surface area is 87.7 Å². The van der Waals surface area contributed by atoms with Gasteiger partial charge in [0.1, 0.15) is 0 Å². The molecule has 2 heterocycles. The standard InChI is InChI=1S/C11H10N2S/c1-8-6-9(2-4-12-8)11-7-10(14)3-5-13-11/h2-7H,1H3,(H,13,14). The molecule has 1 N–H and O–H groups in total. The lowest BCUT2D eigenvalue weighted by atomic mass is 10.1. The van der Waals surface area contributed by atoms with E-state index in [4.69, 9.17) is 12.2 Å². The summed E-state index contributed by atoms with van der Waals surface area (Å²) < 4.78 is 0.841. The van der Waals surface area contributed by atoms with Crippen molar-refractivity contribution in [3.05, 3.63) is 46.9 Å². The maximum Gasteiger partial charge on any atom is 0.0469 e. The van der Waals surface area contributed by atoms with Crippen LogP contribution in [0.1, 0.15) is 5.69 Å². The van der Waals surface area contributed by atoms with Crippen LogP contribution in [0.3, 0.4) is 0 Å². The summed E-state index contributed by atoms with van der Waals surface area (Å²) in [6.07, 6.45) is 3.65. The van der Waals surface area contributed by atoms with Crippen LogP contribution >= 0.6 is 12.2 Å². The Balaban J connectivity index is 2.55. The summed E-state index contributed by atoms with van der Waals surface area (Å²) in [5, 5.41) is 0. The van der Waals surface area contributed by atoms with Crippen LogP contribution in [0.4, 0.5) is 0 Å². The molecule has 0 bridgehead atoms. The first-order valence-electron chi connectivity index (χ1n) is 4.37. The Hall–Kier alpha value is -1.48. The molecule has 0 aliphatic carbocycles. The number of pyridine rings is 2. The van der Waals surface area contributed by atoms with Crippen molar-refractivity contribution in [2.45, 2.75) is 6.92 Å². The van der Waals surface area contributed by atoms with E-state index in [1.54, 1.807) is 6.20 Å². The Kier molecular flexibility index (Phi) is 2.41. The molecule has 70 valence electrons. The van der Waals surface area contributed by atoms with E-state index in [-0.39, 0.29) is 0 Å².